The summed E-state index contributed by atoms with van der Waals surface area (Å²) >= 11 is 0. The topological polar surface area (TPSA) is 23.5 Å². The van der Waals surface area contributed by atoms with Gasteiger partial charge in [-0.25, -0.2) is 0 Å². The maximum absolute atomic E-state index is 10.7. The average molecular weight is 275 g/mol. The molecule has 1 heterocycles. The molecule has 0 spiro atoms. The van der Waals surface area contributed by atoms with Gasteiger partial charge in [0, 0.05) is 12.1 Å². The first-order valence-electron chi connectivity index (χ1n) is 8.07. The van der Waals surface area contributed by atoms with Crippen molar-refractivity contribution in [3.63, 3.8) is 0 Å². The Hall–Kier alpha value is -0.860. The van der Waals surface area contributed by atoms with Crippen LogP contribution in [-0.2, 0) is 6.42 Å². The van der Waals surface area contributed by atoms with Gasteiger partial charge in [0.2, 0.25) is 0 Å². The first-order chi connectivity index (χ1) is 9.54. The van der Waals surface area contributed by atoms with Crippen LogP contribution < -0.4 is 0 Å². The van der Waals surface area contributed by atoms with Crippen LogP contribution in [0.1, 0.15) is 57.8 Å². The molecule has 1 aromatic carbocycles. The van der Waals surface area contributed by atoms with E-state index < -0.39 is 0 Å². The Kier molecular flexibility index (Phi) is 5.22. The van der Waals surface area contributed by atoms with E-state index in [9.17, 15) is 5.11 Å². The fourth-order valence-electron chi connectivity index (χ4n) is 3.45. The fraction of sp³-hybridized carbons (Fsp3) is 0.667. The lowest BCUT2D eigenvalue weighted by Crippen LogP contribution is -2.43. The van der Waals surface area contributed by atoms with Crippen molar-refractivity contribution in [3.05, 3.63) is 35.4 Å². The summed E-state index contributed by atoms with van der Waals surface area (Å²) in [6.07, 6.45) is 3.19. The Balaban J connectivity index is 2.08. The number of aliphatic hydroxyl groups is 1. The molecule has 2 rings (SSSR count). The predicted molar refractivity (Wildman–Crippen MR) is 84.8 cm³/mol. The molecule has 1 aromatic rings. The second kappa shape index (κ2) is 6.73. The van der Waals surface area contributed by atoms with Gasteiger partial charge in [0.1, 0.15) is 0 Å². The molecule has 0 amide bonds. The summed E-state index contributed by atoms with van der Waals surface area (Å²) < 4.78 is 0. The summed E-state index contributed by atoms with van der Waals surface area (Å²) in [5.74, 6) is 0.662. The number of benzene rings is 1. The smallest absolute Gasteiger partial charge is 0.0942 e. The average Bonchev–Trinajstić information content (AvgIpc) is 2.95. The van der Waals surface area contributed by atoms with Crippen LogP contribution in [0.4, 0.5) is 0 Å². The Bertz CT molecular complexity index is 412. The van der Waals surface area contributed by atoms with Gasteiger partial charge in [-0.05, 0) is 49.8 Å². The van der Waals surface area contributed by atoms with Crippen molar-refractivity contribution >= 4 is 0 Å². The molecule has 3 unspecified atom stereocenters. The van der Waals surface area contributed by atoms with Crippen LogP contribution in [0.3, 0.4) is 0 Å². The number of hydrogen-bond donors (Lipinski definition) is 1. The van der Waals surface area contributed by atoms with E-state index in [4.69, 9.17) is 0 Å². The molecule has 20 heavy (non-hydrogen) atoms. The lowest BCUT2D eigenvalue weighted by atomic mass is 9.97. The molecule has 112 valence electrons. The molecule has 0 bridgehead atoms. The minimum atomic E-state index is -0.389. The van der Waals surface area contributed by atoms with Gasteiger partial charge >= 0.3 is 0 Å². The highest BCUT2D eigenvalue weighted by Crippen LogP contribution is 2.31. The normalized spacial score (nSPS) is 23.2. The summed E-state index contributed by atoms with van der Waals surface area (Å²) in [6, 6.07) is 9.25. The molecule has 1 aliphatic heterocycles. The fourth-order valence-corrected chi connectivity index (χ4v) is 3.45. The van der Waals surface area contributed by atoms with Crippen molar-refractivity contribution in [1.82, 2.24) is 4.90 Å². The summed E-state index contributed by atoms with van der Waals surface area (Å²) in [6.45, 7) is 10.0. The Morgan fingerprint density at radius 1 is 1.20 bits per heavy atom. The van der Waals surface area contributed by atoms with Gasteiger partial charge in [0.15, 0.2) is 0 Å². The minimum Gasteiger partial charge on any atom is -0.387 e. The zero-order valence-corrected chi connectivity index (χ0v) is 13.3. The summed E-state index contributed by atoms with van der Waals surface area (Å²) in [4.78, 5) is 2.50. The second-order valence-electron chi connectivity index (χ2n) is 6.47. The van der Waals surface area contributed by atoms with Gasteiger partial charge in [-0.15, -0.1) is 0 Å². The van der Waals surface area contributed by atoms with Crippen LogP contribution in [-0.4, -0.2) is 28.6 Å². The number of nitrogens with zero attached hydrogens (tertiary/aromatic N) is 1. The van der Waals surface area contributed by atoms with Crippen molar-refractivity contribution in [2.45, 2.75) is 65.1 Å². The number of aryl methyl sites for hydroxylation is 1. The maximum atomic E-state index is 10.7. The van der Waals surface area contributed by atoms with E-state index in [2.05, 4.69) is 56.9 Å². The molecule has 1 saturated heterocycles. The molecule has 0 aromatic heterocycles. The standard InChI is InChI=1S/C18H29NO/c1-5-15-8-10-16(11-9-15)18(20)14(4)19-12-6-7-17(19)13(2)3/h8-11,13-14,17-18,20H,5-7,12H2,1-4H3. The maximum Gasteiger partial charge on any atom is 0.0942 e. The predicted octanol–water partition coefficient (Wildman–Crippen LogP) is 3.79. The minimum absolute atomic E-state index is 0.192. The summed E-state index contributed by atoms with van der Waals surface area (Å²) in [5, 5.41) is 10.7. The van der Waals surface area contributed by atoms with Crippen molar-refractivity contribution in [3.8, 4) is 0 Å². The van der Waals surface area contributed by atoms with E-state index in [1.54, 1.807) is 0 Å². The van der Waals surface area contributed by atoms with Crippen LogP contribution in [0.15, 0.2) is 24.3 Å². The van der Waals surface area contributed by atoms with E-state index in [-0.39, 0.29) is 12.1 Å². The van der Waals surface area contributed by atoms with Crippen LogP contribution >= 0.6 is 0 Å². The molecule has 2 heteroatoms. The molecule has 3 atom stereocenters. The van der Waals surface area contributed by atoms with Crippen LogP contribution in [0.2, 0.25) is 0 Å². The number of aliphatic hydroxyl groups excluding tert-OH is 1. The highest BCUT2D eigenvalue weighted by molar-refractivity contribution is 5.25. The van der Waals surface area contributed by atoms with Crippen molar-refractivity contribution < 1.29 is 5.11 Å². The summed E-state index contributed by atoms with van der Waals surface area (Å²) in [5.41, 5.74) is 2.37. The zero-order valence-electron chi connectivity index (χ0n) is 13.3. The third-order valence-electron chi connectivity index (χ3n) is 4.82. The molecule has 1 fully saturated rings. The van der Waals surface area contributed by atoms with Crippen LogP contribution in [0.25, 0.3) is 0 Å². The van der Waals surface area contributed by atoms with E-state index in [1.165, 1.54) is 18.4 Å². The molecule has 1 N–H and O–H groups in total. The molecule has 0 saturated carbocycles. The third-order valence-corrected chi connectivity index (χ3v) is 4.82. The van der Waals surface area contributed by atoms with Gasteiger partial charge in [-0.3, -0.25) is 4.90 Å². The molecule has 0 aliphatic carbocycles. The zero-order chi connectivity index (χ0) is 14.7. The van der Waals surface area contributed by atoms with E-state index in [1.807, 2.05) is 0 Å². The summed E-state index contributed by atoms with van der Waals surface area (Å²) in [7, 11) is 0. The first kappa shape index (κ1) is 15.5. The highest BCUT2D eigenvalue weighted by Gasteiger charge is 2.33. The van der Waals surface area contributed by atoms with E-state index in [0.717, 1.165) is 18.5 Å². The van der Waals surface area contributed by atoms with Gasteiger partial charge in [-0.2, -0.15) is 0 Å². The highest BCUT2D eigenvalue weighted by atomic mass is 16.3. The number of hydrogen-bond acceptors (Lipinski definition) is 2. The second-order valence-corrected chi connectivity index (χ2v) is 6.47. The lowest BCUT2D eigenvalue weighted by Gasteiger charge is -2.35. The van der Waals surface area contributed by atoms with Crippen molar-refractivity contribution in [1.29, 1.82) is 0 Å². The number of rotatable bonds is 5. The molecule has 1 aliphatic rings. The monoisotopic (exact) mass is 275 g/mol. The Morgan fingerprint density at radius 3 is 2.40 bits per heavy atom. The molecular weight excluding hydrogens is 246 g/mol. The lowest BCUT2D eigenvalue weighted by molar-refractivity contribution is 0.0398. The SMILES string of the molecule is CCc1ccc(C(O)C(C)N2CCCC2C(C)C)cc1. The van der Waals surface area contributed by atoms with Gasteiger partial charge in [-0.1, -0.05) is 45.0 Å². The van der Waals surface area contributed by atoms with Crippen molar-refractivity contribution in [2.24, 2.45) is 5.92 Å². The third kappa shape index (κ3) is 3.24. The largest absolute Gasteiger partial charge is 0.387 e. The molecular formula is C18H29NO. The van der Waals surface area contributed by atoms with Gasteiger partial charge < -0.3 is 5.11 Å². The first-order valence-corrected chi connectivity index (χ1v) is 8.07. The van der Waals surface area contributed by atoms with E-state index in [0.29, 0.717) is 12.0 Å². The van der Waals surface area contributed by atoms with Crippen molar-refractivity contribution in [2.75, 3.05) is 6.54 Å². The Morgan fingerprint density at radius 2 is 1.85 bits per heavy atom. The van der Waals surface area contributed by atoms with Crippen LogP contribution in [0, 0.1) is 5.92 Å². The number of likely N-dealkylation sites (tertiary alicyclic amines) is 1. The quantitative estimate of drug-likeness (QED) is 0.883. The molecule has 2 nitrogen and oxygen atoms in total. The van der Waals surface area contributed by atoms with Gasteiger partial charge in [0.25, 0.3) is 0 Å². The molecule has 0 radical (unpaired) electrons. The Labute approximate surface area is 123 Å². The van der Waals surface area contributed by atoms with Gasteiger partial charge in [0.05, 0.1) is 6.10 Å². The van der Waals surface area contributed by atoms with Crippen LogP contribution in [0.5, 0.6) is 0 Å². The van der Waals surface area contributed by atoms with E-state index >= 15 is 0 Å².